The van der Waals surface area contributed by atoms with Gasteiger partial charge in [-0.3, -0.25) is 14.5 Å². The Hall–Kier alpha value is -1.14. The topological polar surface area (TPSA) is 61.9 Å². The van der Waals surface area contributed by atoms with Crippen molar-refractivity contribution in [2.75, 3.05) is 52.5 Å². The van der Waals surface area contributed by atoms with E-state index in [1.54, 1.807) is 4.90 Å². The largest absolute Gasteiger partial charge is 0.379 e. The number of morpholine rings is 1. The second-order valence-electron chi connectivity index (χ2n) is 5.06. The molecule has 2 saturated heterocycles. The fraction of sp³-hybridized carbons (Fsp3) is 0.846. The lowest BCUT2D eigenvalue weighted by molar-refractivity contribution is -0.145. The molecule has 0 unspecified atom stereocenters. The van der Waals surface area contributed by atoms with Crippen molar-refractivity contribution in [2.24, 2.45) is 0 Å². The SMILES string of the molecule is O=C(NCCCN1CCOCC1)C(=O)N1CCCC1. The molecule has 19 heavy (non-hydrogen) atoms. The number of carbonyl (C=O) groups is 2. The molecule has 6 nitrogen and oxygen atoms in total. The summed E-state index contributed by atoms with van der Waals surface area (Å²) in [6.07, 6.45) is 2.89. The maximum absolute atomic E-state index is 11.7. The minimum absolute atomic E-state index is 0.371. The van der Waals surface area contributed by atoms with Gasteiger partial charge in [-0.05, 0) is 25.8 Å². The molecule has 2 amide bonds. The minimum atomic E-state index is -0.455. The number of hydrogen-bond donors (Lipinski definition) is 1. The minimum Gasteiger partial charge on any atom is -0.379 e. The molecule has 6 heteroatoms. The number of nitrogens with one attached hydrogen (secondary N) is 1. The van der Waals surface area contributed by atoms with Gasteiger partial charge in [0, 0.05) is 32.7 Å². The number of hydrogen-bond acceptors (Lipinski definition) is 4. The van der Waals surface area contributed by atoms with Gasteiger partial charge < -0.3 is 15.0 Å². The van der Waals surface area contributed by atoms with Gasteiger partial charge in [-0.1, -0.05) is 0 Å². The van der Waals surface area contributed by atoms with Gasteiger partial charge in [-0.25, -0.2) is 0 Å². The predicted octanol–water partition coefficient (Wildman–Crippen LogP) is -0.553. The van der Waals surface area contributed by atoms with Crippen LogP contribution < -0.4 is 5.32 Å². The smallest absolute Gasteiger partial charge is 0.311 e. The van der Waals surface area contributed by atoms with Crippen LogP contribution in [0.5, 0.6) is 0 Å². The molecule has 0 bridgehead atoms. The monoisotopic (exact) mass is 269 g/mol. The molecular weight excluding hydrogens is 246 g/mol. The summed E-state index contributed by atoms with van der Waals surface area (Å²) < 4.78 is 5.27. The summed E-state index contributed by atoms with van der Waals surface area (Å²) in [5.41, 5.74) is 0. The molecule has 2 aliphatic heterocycles. The third kappa shape index (κ3) is 4.47. The molecule has 0 aromatic heterocycles. The van der Waals surface area contributed by atoms with Gasteiger partial charge in [0.15, 0.2) is 0 Å². The van der Waals surface area contributed by atoms with E-state index in [9.17, 15) is 9.59 Å². The Labute approximate surface area is 114 Å². The number of likely N-dealkylation sites (tertiary alicyclic amines) is 1. The maximum Gasteiger partial charge on any atom is 0.311 e. The van der Waals surface area contributed by atoms with Crippen LogP contribution in [0.25, 0.3) is 0 Å². The Morgan fingerprint density at radius 3 is 2.42 bits per heavy atom. The highest BCUT2D eigenvalue weighted by Crippen LogP contribution is 2.07. The second kappa shape index (κ2) is 7.45. The van der Waals surface area contributed by atoms with Crippen LogP contribution >= 0.6 is 0 Å². The molecule has 108 valence electrons. The predicted molar refractivity (Wildman–Crippen MR) is 70.7 cm³/mol. The van der Waals surface area contributed by atoms with E-state index in [1.165, 1.54) is 0 Å². The quantitative estimate of drug-likeness (QED) is 0.549. The summed E-state index contributed by atoms with van der Waals surface area (Å²) in [6, 6.07) is 0. The Kier molecular flexibility index (Phi) is 5.60. The molecule has 0 aromatic carbocycles. The fourth-order valence-electron chi connectivity index (χ4n) is 2.47. The summed E-state index contributed by atoms with van der Waals surface area (Å²) >= 11 is 0. The van der Waals surface area contributed by atoms with E-state index in [2.05, 4.69) is 10.2 Å². The van der Waals surface area contributed by atoms with Gasteiger partial charge in [-0.2, -0.15) is 0 Å². The van der Waals surface area contributed by atoms with Crippen LogP contribution in [0.2, 0.25) is 0 Å². The number of nitrogens with zero attached hydrogens (tertiary/aromatic N) is 2. The Morgan fingerprint density at radius 1 is 1.05 bits per heavy atom. The normalized spacial score (nSPS) is 20.5. The first-order chi connectivity index (χ1) is 9.27. The van der Waals surface area contributed by atoms with Crippen LogP contribution in [0, 0.1) is 0 Å². The molecule has 0 saturated carbocycles. The van der Waals surface area contributed by atoms with Crippen molar-refractivity contribution in [1.82, 2.24) is 15.1 Å². The summed E-state index contributed by atoms with van der Waals surface area (Å²) in [5.74, 6) is -0.826. The van der Waals surface area contributed by atoms with Crippen LogP contribution in [0.4, 0.5) is 0 Å². The number of rotatable bonds is 4. The van der Waals surface area contributed by atoms with Crippen LogP contribution in [-0.2, 0) is 14.3 Å². The summed E-state index contributed by atoms with van der Waals surface area (Å²) in [7, 11) is 0. The van der Waals surface area contributed by atoms with Crippen molar-refractivity contribution < 1.29 is 14.3 Å². The van der Waals surface area contributed by atoms with E-state index >= 15 is 0 Å². The van der Waals surface area contributed by atoms with Crippen molar-refractivity contribution in [3.8, 4) is 0 Å². The van der Waals surface area contributed by atoms with Gasteiger partial charge in [0.25, 0.3) is 0 Å². The number of carbonyl (C=O) groups excluding carboxylic acids is 2. The molecule has 1 N–H and O–H groups in total. The molecule has 0 radical (unpaired) electrons. The molecule has 2 fully saturated rings. The number of ether oxygens (including phenoxy) is 1. The van der Waals surface area contributed by atoms with Crippen molar-refractivity contribution in [2.45, 2.75) is 19.3 Å². The molecule has 2 heterocycles. The molecule has 0 aliphatic carbocycles. The summed E-state index contributed by atoms with van der Waals surface area (Å²) in [6.45, 7) is 6.46. The lowest BCUT2D eigenvalue weighted by Gasteiger charge is -2.26. The van der Waals surface area contributed by atoms with Gasteiger partial charge >= 0.3 is 11.8 Å². The molecule has 0 atom stereocenters. The second-order valence-corrected chi connectivity index (χ2v) is 5.06. The lowest BCUT2D eigenvalue weighted by atomic mass is 10.3. The third-order valence-corrected chi connectivity index (χ3v) is 3.63. The van der Waals surface area contributed by atoms with Crippen LogP contribution in [0.3, 0.4) is 0 Å². The molecule has 0 aromatic rings. The standard InChI is InChI=1S/C13H23N3O3/c17-12(13(18)16-6-1-2-7-16)14-4-3-5-15-8-10-19-11-9-15/h1-11H2,(H,14,17). The van der Waals surface area contributed by atoms with Crippen molar-refractivity contribution in [3.05, 3.63) is 0 Å². The third-order valence-electron chi connectivity index (χ3n) is 3.63. The van der Waals surface area contributed by atoms with Crippen molar-refractivity contribution in [1.29, 1.82) is 0 Å². The van der Waals surface area contributed by atoms with Crippen LogP contribution in [0.15, 0.2) is 0 Å². The molecule has 0 spiro atoms. The van der Waals surface area contributed by atoms with Crippen LogP contribution in [-0.4, -0.2) is 74.1 Å². The van der Waals surface area contributed by atoms with E-state index in [-0.39, 0.29) is 5.91 Å². The summed E-state index contributed by atoms with van der Waals surface area (Å²) in [4.78, 5) is 27.3. The average molecular weight is 269 g/mol. The van der Waals surface area contributed by atoms with Gasteiger partial charge in [0.2, 0.25) is 0 Å². The highest BCUT2D eigenvalue weighted by atomic mass is 16.5. The maximum atomic E-state index is 11.7. The van der Waals surface area contributed by atoms with Gasteiger partial charge in [-0.15, -0.1) is 0 Å². The van der Waals surface area contributed by atoms with Gasteiger partial charge in [0.1, 0.15) is 0 Å². The average Bonchev–Trinajstić information content (AvgIpc) is 2.98. The van der Waals surface area contributed by atoms with Gasteiger partial charge in [0.05, 0.1) is 13.2 Å². The molecule has 2 aliphatic rings. The van der Waals surface area contributed by atoms with Crippen LogP contribution in [0.1, 0.15) is 19.3 Å². The molecular formula is C13H23N3O3. The number of amides is 2. The van der Waals surface area contributed by atoms with E-state index < -0.39 is 5.91 Å². The van der Waals surface area contributed by atoms with Crippen molar-refractivity contribution in [3.63, 3.8) is 0 Å². The Morgan fingerprint density at radius 2 is 1.74 bits per heavy atom. The molecule has 2 rings (SSSR count). The van der Waals surface area contributed by atoms with E-state index in [1.807, 2.05) is 0 Å². The van der Waals surface area contributed by atoms with E-state index in [4.69, 9.17) is 4.74 Å². The first kappa shape index (κ1) is 14.3. The zero-order valence-electron chi connectivity index (χ0n) is 11.4. The lowest BCUT2D eigenvalue weighted by Crippen LogP contribution is -2.43. The van der Waals surface area contributed by atoms with E-state index in [0.717, 1.165) is 65.2 Å². The highest BCUT2D eigenvalue weighted by Gasteiger charge is 2.23. The first-order valence-corrected chi connectivity index (χ1v) is 7.14. The first-order valence-electron chi connectivity index (χ1n) is 7.14. The Bertz CT molecular complexity index is 310. The Balaban J connectivity index is 1.56. The van der Waals surface area contributed by atoms with Crippen molar-refractivity contribution >= 4 is 11.8 Å². The highest BCUT2D eigenvalue weighted by molar-refractivity contribution is 6.35. The fourth-order valence-corrected chi connectivity index (χ4v) is 2.47. The zero-order chi connectivity index (χ0) is 13.5. The van der Waals surface area contributed by atoms with E-state index in [0.29, 0.717) is 6.54 Å². The summed E-state index contributed by atoms with van der Waals surface area (Å²) in [5, 5.41) is 2.71. The zero-order valence-corrected chi connectivity index (χ0v) is 11.4.